The third-order valence-corrected chi connectivity index (χ3v) is 8.39. The van der Waals surface area contributed by atoms with Gasteiger partial charge in [-0.3, -0.25) is 9.78 Å². The van der Waals surface area contributed by atoms with Crippen molar-refractivity contribution in [3.8, 4) is 5.75 Å². The van der Waals surface area contributed by atoms with Crippen LogP contribution in [0.2, 0.25) is 5.02 Å². The number of fused-ring (bicyclic) bond motifs is 2. The molecule has 0 bridgehead atoms. The second-order valence-electron chi connectivity index (χ2n) is 13.0. The summed E-state index contributed by atoms with van der Waals surface area (Å²) in [5, 5.41) is 0.799. The summed E-state index contributed by atoms with van der Waals surface area (Å²) >= 11 is 6.38. The number of carbonyl (C=O) groups is 1. The molecule has 2 aromatic carbocycles. The second-order valence-corrected chi connectivity index (χ2v) is 13.4. The third-order valence-electron chi connectivity index (χ3n) is 8.16. The van der Waals surface area contributed by atoms with E-state index in [9.17, 15) is 4.79 Å². The van der Waals surface area contributed by atoms with Crippen LogP contribution >= 0.6 is 48.8 Å². The molecule has 1 saturated heterocycles. The molecule has 1 atom stereocenters. The number of hydrogen-bond donors (Lipinski definition) is 1. The Morgan fingerprint density at radius 2 is 1.67 bits per heavy atom. The Morgan fingerprint density at radius 1 is 0.978 bits per heavy atom. The van der Waals surface area contributed by atoms with E-state index in [0.717, 1.165) is 73.8 Å². The molecule has 1 fully saturated rings. The van der Waals surface area contributed by atoms with Crippen molar-refractivity contribution in [3.05, 3.63) is 99.3 Å². The van der Waals surface area contributed by atoms with Crippen molar-refractivity contribution in [2.75, 3.05) is 32.8 Å². The molecule has 1 aliphatic heterocycles. The Bertz CT molecular complexity index is 1450. The topological polar surface area (TPSA) is 77.7 Å². The fraction of sp³-hybridized carbons (Fsp3) is 0.444. The minimum absolute atomic E-state index is 0. The summed E-state index contributed by atoms with van der Waals surface area (Å²) in [5.74, 6) is 0.471. The number of aryl methyl sites for hydroxylation is 2. The summed E-state index contributed by atoms with van der Waals surface area (Å²) in [6.07, 6.45) is 7.38. The van der Waals surface area contributed by atoms with Crippen LogP contribution in [0.5, 0.6) is 5.75 Å². The molecular weight excluding hydrogens is 664 g/mol. The molecule has 3 aromatic rings. The van der Waals surface area contributed by atoms with Gasteiger partial charge in [0.1, 0.15) is 11.8 Å². The zero-order valence-corrected chi connectivity index (χ0v) is 30.1. The van der Waals surface area contributed by atoms with Crippen LogP contribution in [0.25, 0.3) is 5.57 Å². The number of hydrogen-bond acceptors (Lipinski definition) is 6. The minimum Gasteiger partial charge on any atom is -0.494 e. The fourth-order valence-corrected chi connectivity index (χ4v) is 6.06. The summed E-state index contributed by atoms with van der Waals surface area (Å²) in [6.45, 7) is 10.2. The number of nitrogens with two attached hydrogens (primary N) is 1. The first-order chi connectivity index (χ1) is 20.7. The third kappa shape index (κ3) is 10.9. The van der Waals surface area contributed by atoms with Crippen molar-refractivity contribution in [1.29, 1.82) is 0 Å². The van der Waals surface area contributed by atoms with Crippen molar-refractivity contribution in [1.82, 2.24) is 9.88 Å². The molecule has 0 spiro atoms. The number of pyridine rings is 1. The fourth-order valence-electron chi connectivity index (χ4n) is 5.86. The van der Waals surface area contributed by atoms with Gasteiger partial charge in [0.15, 0.2) is 0 Å². The summed E-state index contributed by atoms with van der Waals surface area (Å²) in [6, 6.07) is 17.8. The normalized spacial score (nSPS) is 15.2. The van der Waals surface area contributed by atoms with Crippen molar-refractivity contribution in [2.24, 2.45) is 11.1 Å². The van der Waals surface area contributed by atoms with Crippen molar-refractivity contribution < 1.29 is 14.3 Å². The lowest BCUT2D eigenvalue weighted by Crippen LogP contribution is -2.36. The Hall–Kier alpha value is -2.32. The average Bonchev–Trinajstić information content (AvgIpc) is 3.15. The molecule has 5 rings (SSSR count). The van der Waals surface area contributed by atoms with E-state index in [4.69, 9.17) is 31.8 Å². The zero-order valence-electron chi connectivity index (χ0n) is 26.9. The molecule has 0 radical (unpaired) electrons. The maximum atomic E-state index is 12.2. The molecule has 6 nitrogen and oxygen atoms in total. The van der Waals surface area contributed by atoms with E-state index >= 15 is 0 Å². The molecule has 10 heteroatoms. The maximum Gasteiger partial charge on any atom is 0.323 e. The van der Waals surface area contributed by atoms with Gasteiger partial charge in [0.2, 0.25) is 0 Å². The summed E-state index contributed by atoms with van der Waals surface area (Å²) in [4.78, 5) is 19.6. The number of benzene rings is 2. The van der Waals surface area contributed by atoms with Gasteiger partial charge in [0, 0.05) is 36.4 Å². The van der Waals surface area contributed by atoms with Gasteiger partial charge in [0.25, 0.3) is 0 Å². The molecule has 1 aliphatic carbocycles. The lowest BCUT2D eigenvalue weighted by atomic mass is 9.88. The van der Waals surface area contributed by atoms with Gasteiger partial charge < -0.3 is 20.1 Å². The molecule has 1 aromatic heterocycles. The molecule has 0 saturated carbocycles. The van der Waals surface area contributed by atoms with E-state index in [2.05, 4.69) is 23.1 Å². The number of rotatable bonds is 9. The average molecular weight is 712 g/mol. The van der Waals surface area contributed by atoms with Crippen LogP contribution in [0, 0.1) is 5.41 Å². The number of halogens is 4. The highest BCUT2D eigenvalue weighted by Crippen LogP contribution is 2.38. The first-order valence-electron chi connectivity index (χ1n) is 15.5. The number of esters is 1. The van der Waals surface area contributed by atoms with Gasteiger partial charge in [-0.15, -0.1) is 37.2 Å². The molecule has 46 heavy (non-hydrogen) atoms. The van der Waals surface area contributed by atoms with E-state index in [-0.39, 0.29) is 48.6 Å². The predicted octanol–water partition coefficient (Wildman–Crippen LogP) is 7.92. The Kier molecular flexibility index (Phi) is 15.8. The lowest BCUT2D eigenvalue weighted by molar-refractivity contribution is -0.147. The first kappa shape index (κ1) is 39.9. The summed E-state index contributed by atoms with van der Waals surface area (Å²) in [5.41, 5.74) is 14.9. The Labute approximate surface area is 297 Å². The van der Waals surface area contributed by atoms with Crippen LogP contribution in [-0.4, -0.2) is 54.7 Å². The van der Waals surface area contributed by atoms with E-state index in [1.54, 1.807) is 0 Å². The first-order valence-corrected chi connectivity index (χ1v) is 15.9. The molecule has 0 unspecified atom stereocenters. The molecule has 2 aliphatic rings. The van der Waals surface area contributed by atoms with Gasteiger partial charge in [0.05, 0.1) is 18.9 Å². The van der Waals surface area contributed by atoms with Gasteiger partial charge in [-0.1, -0.05) is 62.2 Å². The number of aromatic nitrogens is 1. The number of likely N-dealkylation sites (tertiary alicyclic amines) is 1. The van der Waals surface area contributed by atoms with Crippen molar-refractivity contribution in [3.63, 3.8) is 0 Å². The highest BCUT2D eigenvalue weighted by atomic mass is 35.5. The van der Waals surface area contributed by atoms with Crippen LogP contribution < -0.4 is 10.5 Å². The number of nitrogens with zero attached hydrogens (tertiary/aromatic N) is 2. The SMILES string of the molecule is CC(C)(C)COC(=O)[C@@H](N)Cc1ccc(OCCCN2CCC(=C3c4ccc(Cl)cc4CCc4cccnc43)CC2)cc1.Cl.Cl.Cl. The van der Waals surface area contributed by atoms with E-state index in [1.807, 2.05) is 63.4 Å². The zero-order chi connectivity index (χ0) is 30.4. The van der Waals surface area contributed by atoms with E-state index in [0.29, 0.717) is 19.6 Å². The Balaban J connectivity index is 0.00000245. The number of piperidine rings is 1. The van der Waals surface area contributed by atoms with Crippen molar-refractivity contribution >= 4 is 60.4 Å². The number of ether oxygens (including phenoxy) is 2. The predicted molar refractivity (Wildman–Crippen MR) is 195 cm³/mol. The van der Waals surface area contributed by atoms with Crippen LogP contribution in [0.1, 0.15) is 68.0 Å². The molecule has 2 heterocycles. The molecule has 2 N–H and O–H groups in total. The molecular formula is C36H47Cl4N3O3. The van der Waals surface area contributed by atoms with E-state index in [1.165, 1.54) is 27.8 Å². The maximum absolute atomic E-state index is 12.2. The molecule has 252 valence electrons. The standard InChI is InChI=1S/C36H44ClN3O3.3ClH/c1-36(2,3)24-43-35(41)32(38)22-25-7-12-30(13-8-25)42-21-5-18-40-19-15-26(16-20-40)33-31-14-11-29(37)23-28(31)10-9-27-6-4-17-39-34(27)33;;;/h4,6-8,11-14,17,23,32H,5,9-10,15-16,18-22,24,38H2,1-3H3;3*1H/t32-;;;/m0.../s1. The summed E-state index contributed by atoms with van der Waals surface area (Å²) < 4.78 is 11.4. The van der Waals surface area contributed by atoms with Crippen LogP contribution in [-0.2, 0) is 28.8 Å². The highest BCUT2D eigenvalue weighted by Gasteiger charge is 2.25. The monoisotopic (exact) mass is 709 g/mol. The number of carbonyl (C=O) groups excluding carboxylic acids is 1. The second kappa shape index (κ2) is 18.3. The smallest absolute Gasteiger partial charge is 0.323 e. The summed E-state index contributed by atoms with van der Waals surface area (Å²) in [7, 11) is 0. The largest absolute Gasteiger partial charge is 0.494 e. The van der Waals surface area contributed by atoms with Crippen LogP contribution in [0.3, 0.4) is 0 Å². The van der Waals surface area contributed by atoms with Crippen LogP contribution in [0.15, 0.2) is 66.4 Å². The minimum atomic E-state index is -0.670. The van der Waals surface area contributed by atoms with E-state index < -0.39 is 6.04 Å². The van der Waals surface area contributed by atoms with Crippen molar-refractivity contribution in [2.45, 2.75) is 65.3 Å². The quantitative estimate of drug-likeness (QED) is 0.180. The van der Waals surface area contributed by atoms with Gasteiger partial charge in [-0.25, -0.2) is 0 Å². The highest BCUT2D eigenvalue weighted by molar-refractivity contribution is 6.30. The van der Waals surface area contributed by atoms with Gasteiger partial charge >= 0.3 is 5.97 Å². The van der Waals surface area contributed by atoms with Gasteiger partial charge in [-0.05, 0) is 96.5 Å². The molecule has 0 amide bonds. The Morgan fingerprint density at radius 3 is 2.37 bits per heavy atom. The van der Waals surface area contributed by atoms with Crippen LogP contribution in [0.4, 0.5) is 0 Å². The lowest BCUT2D eigenvalue weighted by Gasteiger charge is -2.30. The van der Waals surface area contributed by atoms with Gasteiger partial charge in [-0.2, -0.15) is 0 Å².